The zero-order valence-electron chi connectivity index (χ0n) is 14.3. The maximum atomic E-state index is 12.5. The molecule has 1 aromatic heterocycles. The van der Waals surface area contributed by atoms with E-state index in [1.165, 1.54) is 12.5 Å². The van der Waals surface area contributed by atoms with Crippen LogP contribution in [0.2, 0.25) is 0 Å². The third-order valence-corrected chi connectivity index (χ3v) is 5.61. The topological polar surface area (TPSA) is 63.5 Å². The quantitative estimate of drug-likeness (QED) is 0.902. The fourth-order valence-electron chi connectivity index (χ4n) is 4.14. The summed E-state index contributed by atoms with van der Waals surface area (Å²) in [6.07, 6.45) is 6.41. The van der Waals surface area contributed by atoms with Gasteiger partial charge in [-0.05, 0) is 18.4 Å². The Bertz CT molecular complexity index is 794. The van der Waals surface area contributed by atoms with Crippen LogP contribution in [0.3, 0.4) is 0 Å². The van der Waals surface area contributed by atoms with Gasteiger partial charge < -0.3 is 15.3 Å². The predicted octanol–water partition coefficient (Wildman–Crippen LogP) is 2.97. The van der Waals surface area contributed by atoms with E-state index in [0.717, 1.165) is 37.8 Å². The smallest absolute Gasteiger partial charge is 0.223 e. The average Bonchev–Trinajstić information content (AvgIpc) is 2.66. The Morgan fingerprint density at radius 2 is 1.92 bits per heavy atom. The second kappa shape index (κ2) is 6.56. The summed E-state index contributed by atoms with van der Waals surface area (Å²) >= 11 is 0. The molecule has 2 N–H and O–H groups in total. The molecule has 1 spiro atoms. The highest BCUT2D eigenvalue weighted by Gasteiger charge is 2.45. The first-order valence-corrected chi connectivity index (χ1v) is 9.04. The van der Waals surface area contributed by atoms with Gasteiger partial charge in [0.25, 0.3) is 0 Å². The lowest BCUT2D eigenvalue weighted by Gasteiger charge is -2.46. The van der Waals surface area contributed by atoms with E-state index in [4.69, 9.17) is 4.74 Å². The van der Waals surface area contributed by atoms with Crippen molar-refractivity contribution in [2.24, 2.45) is 5.41 Å². The van der Waals surface area contributed by atoms with Gasteiger partial charge in [0.1, 0.15) is 18.4 Å². The number of ether oxygens (including phenoxy) is 1. The second-order valence-electron chi connectivity index (χ2n) is 7.20. The normalized spacial score (nSPS) is 21.4. The number of aromatic nitrogens is 1. The van der Waals surface area contributed by atoms with E-state index < -0.39 is 6.10 Å². The largest absolute Gasteiger partial charge is 0.483 e. The SMILES string of the molecule is O=c1ccn2c(c1OCc1ccccc1)C(O)C1(CCCCC1)CN2. The van der Waals surface area contributed by atoms with Crippen molar-refractivity contribution in [2.45, 2.75) is 44.8 Å². The zero-order valence-corrected chi connectivity index (χ0v) is 14.3. The molecule has 0 radical (unpaired) electrons. The van der Waals surface area contributed by atoms with Gasteiger partial charge in [0, 0.05) is 24.2 Å². The van der Waals surface area contributed by atoms with Gasteiger partial charge in [-0.2, -0.15) is 0 Å². The first-order valence-electron chi connectivity index (χ1n) is 9.04. The third kappa shape index (κ3) is 2.93. The number of hydrogen-bond acceptors (Lipinski definition) is 4. The van der Waals surface area contributed by atoms with E-state index in [0.29, 0.717) is 12.3 Å². The van der Waals surface area contributed by atoms with Crippen LogP contribution in [0, 0.1) is 5.41 Å². The Kier molecular flexibility index (Phi) is 4.25. The summed E-state index contributed by atoms with van der Waals surface area (Å²) in [4.78, 5) is 12.5. The van der Waals surface area contributed by atoms with Gasteiger partial charge in [-0.3, -0.25) is 9.47 Å². The maximum absolute atomic E-state index is 12.5. The average molecular weight is 340 g/mol. The summed E-state index contributed by atoms with van der Waals surface area (Å²) < 4.78 is 7.65. The van der Waals surface area contributed by atoms with E-state index >= 15 is 0 Å². The predicted molar refractivity (Wildman–Crippen MR) is 96.2 cm³/mol. The molecule has 5 nitrogen and oxygen atoms in total. The molecule has 1 unspecified atom stereocenters. The van der Waals surface area contributed by atoms with Crippen molar-refractivity contribution in [1.29, 1.82) is 0 Å². The lowest BCUT2D eigenvalue weighted by Crippen LogP contribution is -2.47. The van der Waals surface area contributed by atoms with Crippen LogP contribution in [-0.4, -0.2) is 16.3 Å². The fraction of sp³-hybridized carbons (Fsp3) is 0.450. The number of rotatable bonds is 3. The van der Waals surface area contributed by atoms with Crippen LogP contribution in [0.25, 0.3) is 0 Å². The highest BCUT2D eigenvalue weighted by atomic mass is 16.5. The lowest BCUT2D eigenvalue weighted by atomic mass is 9.68. The Labute approximate surface area is 147 Å². The van der Waals surface area contributed by atoms with Crippen molar-refractivity contribution in [3.8, 4) is 5.75 Å². The minimum Gasteiger partial charge on any atom is -0.483 e. The van der Waals surface area contributed by atoms with Gasteiger partial charge in [-0.15, -0.1) is 0 Å². The van der Waals surface area contributed by atoms with Crippen molar-refractivity contribution < 1.29 is 9.84 Å². The summed E-state index contributed by atoms with van der Waals surface area (Å²) in [6, 6.07) is 11.2. The van der Waals surface area contributed by atoms with Gasteiger partial charge in [-0.25, -0.2) is 0 Å². The van der Waals surface area contributed by atoms with Crippen molar-refractivity contribution in [2.75, 3.05) is 12.0 Å². The summed E-state index contributed by atoms with van der Waals surface area (Å²) in [5.41, 5.74) is 4.54. The van der Waals surface area contributed by atoms with Crippen LogP contribution in [0.15, 0.2) is 47.4 Å². The molecule has 0 amide bonds. The monoisotopic (exact) mass is 340 g/mol. The minimum absolute atomic E-state index is 0.184. The molecule has 4 rings (SSSR count). The van der Waals surface area contributed by atoms with Crippen LogP contribution in [0.5, 0.6) is 5.75 Å². The molecular weight excluding hydrogens is 316 g/mol. The molecule has 1 atom stereocenters. The van der Waals surface area contributed by atoms with E-state index in [-0.39, 0.29) is 16.6 Å². The van der Waals surface area contributed by atoms with Gasteiger partial charge in [0.15, 0.2) is 5.75 Å². The van der Waals surface area contributed by atoms with Crippen LogP contribution in [0.1, 0.15) is 49.5 Å². The molecule has 1 saturated carbocycles. The van der Waals surface area contributed by atoms with Crippen molar-refractivity contribution >= 4 is 0 Å². The highest BCUT2D eigenvalue weighted by Crippen LogP contribution is 2.48. The number of nitrogens with zero attached hydrogens (tertiary/aromatic N) is 1. The first kappa shape index (κ1) is 16.2. The van der Waals surface area contributed by atoms with Crippen molar-refractivity contribution in [1.82, 2.24) is 4.68 Å². The zero-order chi connectivity index (χ0) is 17.3. The van der Waals surface area contributed by atoms with Gasteiger partial charge in [-0.1, -0.05) is 49.6 Å². The minimum atomic E-state index is -0.686. The Balaban J connectivity index is 1.68. The number of nitrogens with one attached hydrogen (secondary N) is 1. The Hall–Kier alpha value is -2.27. The number of aliphatic hydroxyl groups excluding tert-OH is 1. The maximum Gasteiger partial charge on any atom is 0.223 e. The van der Waals surface area contributed by atoms with Crippen LogP contribution >= 0.6 is 0 Å². The van der Waals surface area contributed by atoms with Crippen molar-refractivity contribution in [3.05, 3.63) is 64.1 Å². The lowest BCUT2D eigenvalue weighted by molar-refractivity contribution is -0.0155. The van der Waals surface area contributed by atoms with E-state index in [1.807, 2.05) is 30.3 Å². The molecular formula is C20H24N2O3. The molecule has 5 heteroatoms. The molecule has 1 aliphatic carbocycles. The molecule has 1 aromatic carbocycles. The van der Waals surface area contributed by atoms with Gasteiger partial charge >= 0.3 is 0 Å². The molecule has 25 heavy (non-hydrogen) atoms. The molecule has 2 aliphatic rings. The standard InChI is InChI=1S/C20H24N2O3/c23-16-9-12-22-17(18(16)25-13-15-7-3-1-4-8-15)19(24)20(14-21-22)10-5-2-6-11-20/h1,3-4,7-9,12,19,21,24H,2,5-6,10-11,13-14H2. The molecule has 0 saturated heterocycles. The summed E-state index contributed by atoms with van der Waals surface area (Å²) in [5.74, 6) is 0.260. The second-order valence-corrected chi connectivity index (χ2v) is 7.20. The molecule has 0 bridgehead atoms. The van der Waals surface area contributed by atoms with E-state index in [1.54, 1.807) is 10.9 Å². The number of aliphatic hydroxyl groups is 1. The molecule has 2 heterocycles. The fourth-order valence-corrected chi connectivity index (χ4v) is 4.14. The van der Waals surface area contributed by atoms with Crippen LogP contribution in [-0.2, 0) is 6.61 Å². The molecule has 1 fully saturated rings. The first-order chi connectivity index (χ1) is 12.2. The summed E-state index contributed by atoms with van der Waals surface area (Å²) in [6.45, 7) is 1.04. The van der Waals surface area contributed by atoms with Gasteiger partial charge in [0.05, 0.1) is 0 Å². The Morgan fingerprint density at radius 3 is 2.68 bits per heavy atom. The van der Waals surface area contributed by atoms with Gasteiger partial charge in [0.2, 0.25) is 5.43 Å². The summed E-state index contributed by atoms with van der Waals surface area (Å²) in [5, 5.41) is 11.2. The van der Waals surface area contributed by atoms with Crippen molar-refractivity contribution in [3.63, 3.8) is 0 Å². The Morgan fingerprint density at radius 1 is 1.16 bits per heavy atom. The number of pyridine rings is 1. The summed E-state index contributed by atoms with van der Waals surface area (Å²) in [7, 11) is 0. The number of hydrogen-bond donors (Lipinski definition) is 2. The molecule has 132 valence electrons. The van der Waals surface area contributed by atoms with E-state index in [2.05, 4.69) is 5.43 Å². The highest BCUT2D eigenvalue weighted by molar-refractivity contribution is 5.34. The van der Waals surface area contributed by atoms with E-state index in [9.17, 15) is 9.90 Å². The number of fused-ring (bicyclic) bond motifs is 1. The van der Waals surface area contributed by atoms with Crippen LogP contribution in [0.4, 0.5) is 0 Å². The third-order valence-electron chi connectivity index (χ3n) is 5.61. The molecule has 1 aliphatic heterocycles. The number of benzene rings is 1. The molecule has 2 aromatic rings. The van der Waals surface area contributed by atoms with Crippen LogP contribution < -0.4 is 15.6 Å².